The van der Waals surface area contributed by atoms with Gasteiger partial charge in [0, 0.05) is 38.4 Å². The van der Waals surface area contributed by atoms with Crippen molar-refractivity contribution in [3.63, 3.8) is 0 Å². The summed E-state index contributed by atoms with van der Waals surface area (Å²) in [5.41, 5.74) is 2.46. The summed E-state index contributed by atoms with van der Waals surface area (Å²) in [6.07, 6.45) is 0. The largest absolute Gasteiger partial charge is 0.378 e. The van der Waals surface area contributed by atoms with Crippen LogP contribution in [0.15, 0.2) is 47.5 Å². The molecule has 0 radical (unpaired) electrons. The van der Waals surface area contributed by atoms with Gasteiger partial charge in [0.05, 0.1) is 6.54 Å². The molecule has 2 N–H and O–H groups in total. The highest BCUT2D eigenvalue weighted by atomic mass is 127. The second-order valence-corrected chi connectivity index (χ2v) is 5.85. The van der Waals surface area contributed by atoms with Crippen molar-refractivity contribution in [1.29, 1.82) is 0 Å². The molecular weight excluding hydrogens is 449 g/mol. The van der Waals surface area contributed by atoms with Crippen molar-refractivity contribution >= 4 is 35.6 Å². The first-order valence-corrected chi connectivity index (χ1v) is 8.22. The van der Waals surface area contributed by atoms with E-state index in [0.29, 0.717) is 19.0 Å². The van der Waals surface area contributed by atoms with Crippen LogP contribution in [-0.2, 0) is 13.1 Å². The van der Waals surface area contributed by atoms with Crippen molar-refractivity contribution in [3.05, 3.63) is 65.2 Å². The molecule has 0 aliphatic heterocycles. The number of anilines is 1. The van der Waals surface area contributed by atoms with Crippen LogP contribution in [0, 0.1) is 11.6 Å². The van der Waals surface area contributed by atoms with Crippen molar-refractivity contribution in [1.82, 2.24) is 10.6 Å². The van der Waals surface area contributed by atoms with Crippen molar-refractivity contribution in [3.8, 4) is 0 Å². The van der Waals surface area contributed by atoms with Gasteiger partial charge in [-0.3, -0.25) is 0 Å². The summed E-state index contributed by atoms with van der Waals surface area (Å²) in [4.78, 5) is 6.52. The van der Waals surface area contributed by atoms with Gasteiger partial charge in [-0.15, -0.1) is 24.0 Å². The number of halogens is 3. The van der Waals surface area contributed by atoms with E-state index in [-0.39, 0.29) is 36.1 Å². The van der Waals surface area contributed by atoms with Crippen LogP contribution < -0.4 is 15.5 Å². The monoisotopic (exact) mass is 474 g/mol. The van der Waals surface area contributed by atoms with Gasteiger partial charge in [-0.1, -0.05) is 12.1 Å². The molecule has 4 nitrogen and oxygen atoms in total. The SMILES string of the molecule is CCNC(=NCc1ccc(N(C)C)cc1)NCc1cc(F)ccc1F.I. The van der Waals surface area contributed by atoms with Crippen LogP contribution in [0.4, 0.5) is 14.5 Å². The van der Waals surface area contributed by atoms with Crippen LogP contribution in [0.5, 0.6) is 0 Å². The molecule has 0 fully saturated rings. The maximum atomic E-state index is 13.7. The topological polar surface area (TPSA) is 39.7 Å². The second kappa shape index (κ2) is 10.9. The average Bonchev–Trinajstić information content (AvgIpc) is 2.60. The summed E-state index contributed by atoms with van der Waals surface area (Å²) in [6, 6.07) is 11.5. The number of hydrogen-bond acceptors (Lipinski definition) is 2. The second-order valence-electron chi connectivity index (χ2n) is 5.85. The van der Waals surface area contributed by atoms with E-state index in [0.717, 1.165) is 23.4 Å². The summed E-state index contributed by atoms with van der Waals surface area (Å²) in [7, 11) is 3.98. The van der Waals surface area contributed by atoms with Crippen molar-refractivity contribution < 1.29 is 8.78 Å². The fraction of sp³-hybridized carbons (Fsp3) is 0.316. The number of benzene rings is 2. The fourth-order valence-corrected chi connectivity index (χ4v) is 2.27. The van der Waals surface area contributed by atoms with Crippen molar-refractivity contribution in [2.45, 2.75) is 20.0 Å². The lowest BCUT2D eigenvalue weighted by Crippen LogP contribution is -2.37. The summed E-state index contributed by atoms with van der Waals surface area (Å²) in [6.45, 7) is 3.28. The van der Waals surface area contributed by atoms with E-state index >= 15 is 0 Å². The van der Waals surface area contributed by atoms with Gasteiger partial charge in [0.25, 0.3) is 0 Å². The molecule has 0 atom stereocenters. The molecule has 0 aromatic heterocycles. The van der Waals surface area contributed by atoms with E-state index in [1.54, 1.807) is 0 Å². The van der Waals surface area contributed by atoms with Crippen LogP contribution in [-0.4, -0.2) is 26.6 Å². The maximum Gasteiger partial charge on any atom is 0.191 e. The molecule has 0 heterocycles. The molecule has 0 spiro atoms. The summed E-state index contributed by atoms with van der Waals surface area (Å²) in [5.74, 6) is -0.340. The van der Waals surface area contributed by atoms with Gasteiger partial charge in [0.2, 0.25) is 0 Å². The quantitative estimate of drug-likeness (QED) is 0.379. The summed E-state index contributed by atoms with van der Waals surface area (Å²) >= 11 is 0. The lowest BCUT2D eigenvalue weighted by Gasteiger charge is -2.13. The summed E-state index contributed by atoms with van der Waals surface area (Å²) in [5, 5.41) is 6.13. The number of nitrogens with one attached hydrogen (secondary N) is 2. The van der Waals surface area contributed by atoms with Gasteiger partial charge in [0.15, 0.2) is 5.96 Å². The third-order valence-corrected chi connectivity index (χ3v) is 3.67. The molecule has 142 valence electrons. The molecule has 0 aliphatic carbocycles. The molecule has 0 saturated heterocycles. The van der Waals surface area contributed by atoms with Crippen LogP contribution in [0.1, 0.15) is 18.1 Å². The number of nitrogens with zero attached hydrogens (tertiary/aromatic N) is 2. The zero-order valence-electron chi connectivity index (χ0n) is 15.2. The molecule has 0 bridgehead atoms. The molecule has 7 heteroatoms. The highest BCUT2D eigenvalue weighted by molar-refractivity contribution is 14.0. The number of aliphatic imine (C=N–C) groups is 1. The third-order valence-electron chi connectivity index (χ3n) is 3.67. The average molecular weight is 474 g/mol. The first kappa shape index (κ1) is 22.1. The zero-order valence-corrected chi connectivity index (χ0v) is 17.6. The molecule has 2 rings (SSSR count). The molecule has 26 heavy (non-hydrogen) atoms. The Hall–Kier alpha value is -1.90. The Balaban J connectivity index is 0.00000338. The van der Waals surface area contributed by atoms with Crippen LogP contribution in [0.3, 0.4) is 0 Å². The number of rotatable bonds is 6. The molecule has 2 aromatic rings. The van der Waals surface area contributed by atoms with Gasteiger partial charge in [-0.25, -0.2) is 13.8 Å². The summed E-state index contributed by atoms with van der Waals surface area (Å²) < 4.78 is 26.9. The van der Waals surface area contributed by atoms with Crippen molar-refractivity contribution in [2.24, 2.45) is 4.99 Å². The highest BCUT2D eigenvalue weighted by Gasteiger charge is 2.05. The molecule has 2 aromatic carbocycles. The van der Waals surface area contributed by atoms with Crippen LogP contribution in [0.25, 0.3) is 0 Å². The fourth-order valence-electron chi connectivity index (χ4n) is 2.27. The standard InChI is InChI=1S/C19H24F2N4.HI/c1-4-22-19(24-13-15-11-16(20)7-10-18(15)21)23-12-14-5-8-17(9-6-14)25(2)3;/h5-11H,4,12-13H2,1-3H3,(H2,22,23,24);1H. The molecule has 0 unspecified atom stereocenters. The smallest absolute Gasteiger partial charge is 0.191 e. The Morgan fingerprint density at radius 2 is 1.73 bits per heavy atom. The minimum atomic E-state index is -0.457. The predicted molar refractivity (Wildman–Crippen MR) is 114 cm³/mol. The van der Waals surface area contributed by atoms with Gasteiger partial charge in [-0.2, -0.15) is 0 Å². The van der Waals surface area contributed by atoms with E-state index < -0.39 is 11.6 Å². The molecule has 0 aliphatic rings. The van der Waals surface area contributed by atoms with Gasteiger partial charge >= 0.3 is 0 Å². The Bertz CT molecular complexity index is 718. The van der Waals surface area contributed by atoms with Gasteiger partial charge in [0.1, 0.15) is 11.6 Å². The van der Waals surface area contributed by atoms with E-state index in [1.165, 1.54) is 6.07 Å². The van der Waals surface area contributed by atoms with E-state index in [2.05, 4.69) is 15.6 Å². The van der Waals surface area contributed by atoms with Crippen LogP contribution >= 0.6 is 24.0 Å². The first-order valence-electron chi connectivity index (χ1n) is 8.22. The van der Waals surface area contributed by atoms with E-state index in [9.17, 15) is 8.78 Å². The number of hydrogen-bond donors (Lipinski definition) is 2. The number of guanidine groups is 1. The van der Waals surface area contributed by atoms with Crippen LogP contribution in [0.2, 0.25) is 0 Å². The lowest BCUT2D eigenvalue weighted by molar-refractivity contribution is 0.581. The Morgan fingerprint density at radius 1 is 1.04 bits per heavy atom. The minimum absolute atomic E-state index is 0. The molecule has 0 amide bonds. The van der Waals surface area contributed by atoms with E-state index in [4.69, 9.17) is 0 Å². The highest BCUT2D eigenvalue weighted by Crippen LogP contribution is 2.13. The lowest BCUT2D eigenvalue weighted by atomic mass is 10.2. The predicted octanol–water partition coefficient (Wildman–Crippen LogP) is 3.90. The van der Waals surface area contributed by atoms with E-state index in [1.807, 2.05) is 50.2 Å². The first-order chi connectivity index (χ1) is 12.0. The minimum Gasteiger partial charge on any atom is -0.378 e. The molecule has 0 saturated carbocycles. The zero-order chi connectivity index (χ0) is 18.2. The normalized spacial score (nSPS) is 10.9. The van der Waals surface area contributed by atoms with Gasteiger partial charge < -0.3 is 15.5 Å². The van der Waals surface area contributed by atoms with Crippen molar-refractivity contribution in [2.75, 3.05) is 25.5 Å². The van der Waals surface area contributed by atoms with Gasteiger partial charge in [-0.05, 0) is 42.8 Å². The third kappa shape index (κ3) is 6.78. The Morgan fingerprint density at radius 3 is 2.35 bits per heavy atom. The maximum absolute atomic E-state index is 13.7. The molecular formula is C19H25F2IN4. The Labute approximate surface area is 170 Å². The Kier molecular flexibility index (Phi) is 9.32.